The molecule has 1 aromatic carbocycles. The van der Waals surface area contributed by atoms with E-state index in [9.17, 15) is 4.79 Å². The summed E-state index contributed by atoms with van der Waals surface area (Å²) in [5.41, 5.74) is 4.33. The Morgan fingerprint density at radius 2 is 2.25 bits per heavy atom. The van der Waals surface area contributed by atoms with Crippen LogP contribution in [0.1, 0.15) is 40.9 Å². The predicted molar refractivity (Wildman–Crippen MR) is 83.1 cm³/mol. The molecule has 2 aromatic rings. The van der Waals surface area contributed by atoms with Crippen LogP contribution in [-0.4, -0.2) is 24.4 Å². The fourth-order valence-corrected chi connectivity index (χ4v) is 2.86. The van der Waals surface area contributed by atoms with Crippen molar-refractivity contribution in [1.82, 2.24) is 10.3 Å². The maximum Gasteiger partial charge on any atom is 0.179 e. The molecule has 0 saturated carbocycles. The van der Waals surface area contributed by atoms with Gasteiger partial charge < -0.3 is 10.3 Å². The first-order valence-electron chi connectivity index (χ1n) is 7.28. The van der Waals surface area contributed by atoms with Crippen molar-refractivity contribution in [2.24, 2.45) is 0 Å². The number of hydrogen-bond donors (Lipinski definition) is 2. The summed E-state index contributed by atoms with van der Waals surface area (Å²) in [6.45, 7) is 0.993. The largest absolute Gasteiger partial charge is 0.352 e. The van der Waals surface area contributed by atoms with Crippen LogP contribution in [0.25, 0.3) is 17.0 Å². The van der Waals surface area contributed by atoms with Crippen LogP contribution in [0.4, 0.5) is 0 Å². The summed E-state index contributed by atoms with van der Waals surface area (Å²) in [6.07, 6.45) is 8.02. The van der Waals surface area contributed by atoms with Gasteiger partial charge in [0.2, 0.25) is 0 Å². The van der Waals surface area contributed by atoms with Crippen molar-refractivity contribution in [3.63, 3.8) is 0 Å². The van der Waals surface area contributed by atoms with Crippen molar-refractivity contribution in [3.05, 3.63) is 41.1 Å². The van der Waals surface area contributed by atoms with E-state index in [0.29, 0.717) is 6.42 Å². The van der Waals surface area contributed by atoms with Gasteiger partial charge in [0, 0.05) is 17.3 Å². The molecule has 3 nitrogen and oxygen atoms in total. The highest BCUT2D eigenvalue weighted by Gasteiger charge is 2.21. The molecule has 0 aliphatic heterocycles. The average Bonchev–Trinajstić information content (AvgIpc) is 2.83. The number of H-pyrrole nitrogens is 1. The molecule has 2 N–H and O–H groups in total. The first kappa shape index (κ1) is 13.1. The molecule has 3 heteroatoms. The van der Waals surface area contributed by atoms with Crippen LogP contribution in [0.2, 0.25) is 0 Å². The third-order valence-corrected chi connectivity index (χ3v) is 3.91. The van der Waals surface area contributed by atoms with Gasteiger partial charge in [-0.15, -0.1) is 0 Å². The zero-order chi connectivity index (χ0) is 13.9. The molecule has 0 fully saturated rings. The molecule has 0 saturated heterocycles. The highest BCUT2D eigenvalue weighted by molar-refractivity contribution is 6.03. The number of nitrogens with one attached hydrogen (secondary N) is 2. The number of carbonyl (C=O) groups is 1. The Bertz CT molecular complexity index is 667. The lowest BCUT2D eigenvalue weighted by Gasteiger charge is -2.09. The fraction of sp³-hybridized carbons (Fsp3) is 0.353. The molecule has 1 aliphatic rings. The molecular formula is C17H20N2O. The number of ketones is 1. The number of aromatic amines is 1. The molecule has 104 valence electrons. The first-order chi connectivity index (χ1) is 9.79. The molecule has 0 radical (unpaired) electrons. The number of fused-ring (bicyclic) bond motifs is 3. The van der Waals surface area contributed by atoms with Gasteiger partial charge in [-0.05, 0) is 56.1 Å². The Balaban J connectivity index is 1.94. The van der Waals surface area contributed by atoms with E-state index in [1.165, 1.54) is 16.5 Å². The standard InChI is InChI=1S/C17H20N2O/c1-18-10-3-2-5-12-8-9-15-14(11-12)13-6-4-7-16(20)17(13)19-15/h2,5,8-9,11,18-19H,3-4,6-7,10H2,1H3. The third kappa shape index (κ3) is 2.41. The molecule has 0 unspecified atom stereocenters. The Morgan fingerprint density at radius 3 is 3.10 bits per heavy atom. The van der Waals surface area contributed by atoms with Gasteiger partial charge in [-0.25, -0.2) is 0 Å². The van der Waals surface area contributed by atoms with E-state index < -0.39 is 0 Å². The van der Waals surface area contributed by atoms with E-state index in [0.717, 1.165) is 37.0 Å². The second-order valence-electron chi connectivity index (χ2n) is 5.35. The van der Waals surface area contributed by atoms with Gasteiger partial charge in [-0.1, -0.05) is 18.2 Å². The SMILES string of the molecule is CNCCC=Cc1ccc2[nH]c3c(c2c1)CCCC3=O. The van der Waals surface area contributed by atoms with Crippen molar-refractivity contribution in [3.8, 4) is 0 Å². The lowest BCUT2D eigenvalue weighted by molar-refractivity contribution is 0.0968. The minimum absolute atomic E-state index is 0.258. The van der Waals surface area contributed by atoms with Crippen molar-refractivity contribution in [2.75, 3.05) is 13.6 Å². The minimum atomic E-state index is 0.258. The lowest BCUT2D eigenvalue weighted by atomic mass is 9.94. The van der Waals surface area contributed by atoms with E-state index in [1.807, 2.05) is 7.05 Å². The number of Topliss-reactive ketones (excluding diaryl/α,β-unsaturated/α-hetero) is 1. The molecule has 1 aliphatic carbocycles. The zero-order valence-corrected chi connectivity index (χ0v) is 11.8. The molecule has 0 atom stereocenters. The molecule has 20 heavy (non-hydrogen) atoms. The number of rotatable bonds is 4. The van der Waals surface area contributed by atoms with E-state index >= 15 is 0 Å². The Kier molecular flexibility index (Phi) is 3.70. The molecular weight excluding hydrogens is 248 g/mol. The highest BCUT2D eigenvalue weighted by Crippen LogP contribution is 2.29. The smallest absolute Gasteiger partial charge is 0.179 e. The molecule has 0 amide bonds. The normalized spacial score (nSPS) is 15.2. The number of aromatic nitrogens is 1. The van der Waals surface area contributed by atoms with E-state index in [1.54, 1.807) is 0 Å². The monoisotopic (exact) mass is 268 g/mol. The summed E-state index contributed by atoms with van der Waals surface area (Å²) in [6, 6.07) is 6.38. The van der Waals surface area contributed by atoms with E-state index in [2.05, 4.69) is 40.7 Å². The molecule has 0 bridgehead atoms. The summed E-state index contributed by atoms with van der Waals surface area (Å²) < 4.78 is 0. The van der Waals surface area contributed by atoms with Crippen molar-refractivity contribution >= 4 is 22.8 Å². The van der Waals surface area contributed by atoms with Crippen LogP contribution >= 0.6 is 0 Å². The van der Waals surface area contributed by atoms with Crippen LogP contribution in [0.5, 0.6) is 0 Å². The highest BCUT2D eigenvalue weighted by atomic mass is 16.1. The lowest BCUT2D eigenvalue weighted by Crippen LogP contribution is -2.09. The topological polar surface area (TPSA) is 44.9 Å². The third-order valence-electron chi connectivity index (χ3n) is 3.91. The first-order valence-corrected chi connectivity index (χ1v) is 7.28. The number of hydrogen-bond acceptors (Lipinski definition) is 2. The van der Waals surface area contributed by atoms with E-state index in [-0.39, 0.29) is 5.78 Å². The summed E-state index contributed by atoms with van der Waals surface area (Å²) >= 11 is 0. The van der Waals surface area contributed by atoms with Gasteiger partial charge in [0.1, 0.15) is 0 Å². The maximum absolute atomic E-state index is 11.9. The van der Waals surface area contributed by atoms with Crippen LogP contribution in [-0.2, 0) is 6.42 Å². The second-order valence-corrected chi connectivity index (χ2v) is 5.35. The summed E-state index contributed by atoms with van der Waals surface area (Å²) in [5, 5.41) is 4.34. The van der Waals surface area contributed by atoms with Crippen molar-refractivity contribution in [1.29, 1.82) is 0 Å². The summed E-state index contributed by atoms with van der Waals surface area (Å²) in [5.74, 6) is 0.258. The van der Waals surface area contributed by atoms with Gasteiger partial charge in [-0.2, -0.15) is 0 Å². The van der Waals surface area contributed by atoms with Crippen molar-refractivity contribution < 1.29 is 4.79 Å². The average molecular weight is 268 g/mol. The second kappa shape index (κ2) is 5.63. The van der Waals surface area contributed by atoms with Crippen LogP contribution < -0.4 is 5.32 Å². The Morgan fingerprint density at radius 1 is 1.35 bits per heavy atom. The number of carbonyl (C=O) groups excluding carboxylic acids is 1. The fourth-order valence-electron chi connectivity index (χ4n) is 2.86. The predicted octanol–water partition coefficient (Wildman–Crippen LogP) is 3.31. The van der Waals surface area contributed by atoms with Gasteiger partial charge in [0.15, 0.2) is 5.78 Å². The van der Waals surface area contributed by atoms with Gasteiger partial charge >= 0.3 is 0 Å². The number of aryl methyl sites for hydroxylation is 1. The quantitative estimate of drug-likeness (QED) is 0.836. The van der Waals surface area contributed by atoms with Gasteiger partial charge in [0.25, 0.3) is 0 Å². The van der Waals surface area contributed by atoms with E-state index in [4.69, 9.17) is 0 Å². The summed E-state index contributed by atoms with van der Waals surface area (Å²) in [4.78, 5) is 15.2. The molecule has 0 spiro atoms. The number of benzene rings is 1. The Hall–Kier alpha value is -1.87. The minimum Gasteiger partial charge on any atom is -0.352 e. The Labute approximate surface area is 119 Å². The van der Waals surface area contributed by atoms with Gasteiger partial charge in [-0.3, -0.25) is 4.79 Å². The zero-order valence-electron chi connectivity index (χ0n) is 11.8. The molecule has 1 heterocycles. The van der Waals surface area contributed by atoms with Crippen LogP contribution in [0.15, 0.2) is 24.3 Å². The van der Waals surface area contributed by atoms with Crippen molar-refractivity contribution in [2.45, 2.75) is 25.7 Å². The maximum atomic E-state index is 11.9. The summed E-state index contributed by atoms with van der Waals surface area (Å²) in [7, 11) is 1.96. The van der Waals surface area contributed by atoms with Crippen LogP contribution in [0.3, 0.4) is 0 Å². The van der Waals surface area contributed by atoms with Crippen LogP contribution in [0, 0.1) is 0 Å². The molecule has 3 rings (SSSR count). The van der Waals surface area contributed by atoms with Gasteiger partial charge in [0.05, 0.1) is 5.69 Å². The molecule has 1 aromatic heterocycles.